The second kappa shape index (κ2) is 14.6. The van der Waals surface area contributed by atoms with Crippen LogP contribution in [0.1, 0.15) is 37.5 Å². The standard InChI is InChI=1S/C35H37BrClN3O4S/c1-25-10-8-9-13-31(25)40(45(43,44)30-20-18-29(37)19-21-30)24-33(41)39(23-27-14-16-28(36)17-15-27)32(34(42)38-35(2,3)4)22-26-11-6-5-7-12-26/h5-21,32H,22-24H2,1-4H3,(H,38,42)/t32-/m0/s1. The molecule has 0 saturated carbocycles. The van der Waals surface area contributed by atoms with Crippen molar-refractivity contribution < 1.29 is 18.0 Å². The van der Waals surface area contributed by atoms with Gasteiger partial charge in [0.2, 0.25) is 11.8 Å². The van der Waals surface area contributed by atoms with Crippen LogP contribution in [0.25, 0.3) is 0 Å². The van der Waals surface area contributed by atoms with Crippen LogP contribution in [-0.4, -0.2) is 43.3 Å². The molecule has 0 unspecified atom stereocenters. The Hall–Kier alpha value is -3.66. The number of hydrogen-bond donors (Lipinski definition) is 1. The van der Waals surface area contributed by atoms with Crippen LogP contribution in [0.5, 0.6) is 0 Å². The van der Waals surface area contributed by atoms with Gasteiger partial charge in [0.05, 0.1) is 10.6 Å². The topological polar surface area (TPSA) is 86.8 Å². The first-order valence-electron chi connectivity index (χ1n) is 14.5. The lowest BCUT2D eigenvalue weighted by Crippen LogP contribution is -2.56. The van der Waals surface area contributed by atoms with Crippen LogP contribution in [-0.2, 0) is 32.6 Å². The van der Waals surface area contributed by atoms with Crippen LogP contribution in [0.2, 0.25) is 5.02 Å². The van der Waals surface area contributed by atoms with Gasteiger partial charge >= 0.3 is 0 Å². The minimum Gasteiger partial charge on any atom is -0.350 e. The van der Waals surface area contributed by atoms with E-state index in [2.05, 4.69) is 21.2 Å². The van der Waals surface area contributed by atoms with Crippen molar-refractivity contribution in [1.29, 1.82) is 0 Å². The fourth-order valence-electron chi connectivity index (χ4n) is 4.88. The summed E-state index contributed by atoms with van der Waals surface area (Å²) in [5.41, 5.74) is 2.13. The van der Waals surface area contributed by atoms with Gasteiger partial charge < -0.3 is 10.2 Å². The maximum atomic E-state index is 14.6. The van der Waals surface area contributed by atoms with Gasteiger partial charge in [-0.15, -0.1) is 0 Å². The lowest BCUT2D eigenvalue weighted by Gasteiger charge is -2.35. The number of aryl methyl sites for hydroxylation is 1. The summed E-state index contributed by atoms with van der Waals surface area (Å²) in [5.74, 6) is -0.858. The predicted octanol–water partition coefficient (Wildman–Crippen LogP) is 7.16. The number of hydrogen-bond acceptors (Lipinski definition) is 4. The smallest absolute Gasteiger partial charge is 0.264 e. The minimum absolute atomic E-state index is 0.00581. The highest BCUT2D eigenvalue weighted by atomic mass is 79.9. The molecule has 0 saturated heterocycles. The Morgan fingerprint density at radius 2 is 1.44 bits per heavy atom. The Bertz CT molecular complexity index is 1730. The SMILES string of the molecule is Cc1ccccc1N(CC(=O)N(Cc1ccc(Br)cc1)[C@@H](Cc1ccccc1)C(=O)NC(C)(C)C)S(=O)(=O)c1ccc(Cl)cc1. The van der Waals surface area contributed by atoms with Gasteiger partial charge in [-0.3, -0.25) is 13.9 Å². The van der Waals surface area contributed by atoms with Crippen molar-refractivity contribution >= 4 is 55.1 Å². The number of nitrogens with zero attached hydrogens (tertiary/aromatic N) is 2. The van der Waals surface area contributed by atoms with Crippen molar-refractivity contribution in [2.75, 3.05) is 10.8 Å². The number of carbonyl (C=O) groups is 2. The molecule has 0 heterocycles. The highest BCUT2D eigenvalue weighted by molar-refractivity contribution is 9.10. The highest BCUT2D eigenvalue weighted by Crippen LogP contribution is 2.28. The van der Waals surface area contributed by atoms with Gasteiger partial charge in [-0.2, -0.15) is 0 Å². The molecule has 1 N–H and O–H groups in total. The molecule has 0 spiro atoms. The van der Waals surface area contributed by atoms with E-state index in [4.69, 9.17) is 11.6 Å². The van der Waals surface area contributed by atoms with E-state index in [1.807, 2.05) is 75.4 Å². The number of rotatable bonds is 11. The number of nitrogens with one attached hydrogen (secondary N) is 1. The number of benzene rings is 4. The number of anilines is 1. The average molecular weight is 711 g/mol. The van der Waals surface area contributed by atoms with E-state index in [1.54, 1.807) is 31.2 Å². The van der Waals surface area contributed by atoms with Crippen molar-refractivity contribution in [1.82, 2.24) is 10.2 Å². The predicted molar refractivity (Wildman–Crippen MR) is 184 cm³/mol. The Labute approximate surface area is 279 Å². The molecule has 45 heavy (non-hydrogen) atoms. The van der Waals surface area contributed by atoms with E-state index >= 15 is 0 Å². The normalized spacial score (nSPS) is 12.3. The van der Waals surface area contributed by atoms with Gasteiger partial charge in [-0.25, -0.2) is 8.42 Å². The molecule has 0 aliphatic heterocycles. The van der Waals surface area contributed by atoms with Gasteiger partial charge in [-0.1, -0.05) is 88.2 Å². The third-order valence-electron chi connectivity index (χ3n) is 7.10. The Balaban J connectivity index is 1.82. The summed E-state index contributed by atoms with van der Waals surface area (Å²) in [4.78, 5) is 30.0. The summed E-state index contributed by atoms with van der Waals surface area (Å²) in [6, 6.07) is 28.8. The molecule has 236 valence electrons. The Morgan fingerprint density at radius 1 is 0.844 bits per heavy atom. The van der Waals surface area contributed by atoms with E-state index in [9.17, 15) is 18.0 Å². The number of sulfonamides is 1. The number of para-hydroxylation sites is 1. The maximum Gasteiger partial charge on any atom is 0.264 e. The summed E-state index contributed by atoms with van der Waals surface area (Å²) in [5, 5.41) is 3.43. The van der Waals surface area contributed by atoms with Gasteiger partial charge in [0.25, 0.3) is 10.0 Å². The third-order valence-corrected chi connectivity index (χ3v) is 9.65. The Morgan fingerprint density at radius 3 is 2.04 bits per heavy atom. The lowest BCUT2D eigenvalue weighted by molar-refractivity contribution is -0.140. The van der Waals surface area contributed by atoms with Crippen LogP contribution in [0.15, 0.2) is 112 Å². The molecule has 0 aliphatic rings. The van der Waals surface area contributed by atoms with Crippen LogP contribution in [0.4, 0.5) is 5.69 Å². The lowest BCUT2D eigenvalue weighted by atomic mass is 10.0. The van der Waals surface area contributed by atoms with Gasteiger partial charge in [0.1, 0.15) is 12.6 Å². The first-order chi connectivity index (χ1) is 21.2. The number of amides is 2. The molecular weight excluding hydrogens is 674 g/mol. The van der Waals surface area contributed by atoms with E-state index in [0.29, 0.717) is 16.3 Å². The first kappa shape index (κ1) is 34.2. The highest BCUT2D eigenvalue weighted by Gasteiger charge is 2.36. The minimum atomic E-state index is -4.21. The Kier molecular flexibility index (Phi) is 11.1. The van der Waals surface area contributed by atoms with E-state index in [0.717, 1.165) is 19.9 Å². The molecule has 7 nitrogen and oxygen atoms in total. The first-order valence-corrected chi connectivity index (χ1v) is 17.1. The molecule has 0 bridgehead atoms. The molecular formula is C35H37BrClN3O4S. The molecule has 1 atom stereocenters. The van der Waals surface area contributed by atoms with Gasteiger partial charge in [0.15, 0.2) is 0 Å². The van der Waals surface area contributed by atoms with E-state index < -0.39 is 34.1 Å². The number of carbonyl (C=O) groups excluding carboxylic acids is 2. The van der Waals surface area contributed by atoms with Gasteiger partial charge in [0, 0.05) is 28.0 Å². The van der Waals surface area contributed by atoms with Crippen LogP contribution in [0.3, 0.4) is 0 Å². The molecule has 2 amide bonds. The van der Waals surface area contributed by atoms with Crippen LogP contribution >= 0.6 is 27.5 Å². The van der Waals surface area contributed by atoms with Crippen molar-refractivity contribution in [2.45, 2.75) is 57.1 Å². The number of halogens is 2. The largest absolute Gasteiger partial charge is 0.350 e. The maximum absolute atomic E-state index is 14.6. The fraction of sp³-hybridized carbons (Fsp3) is 0.257. The summed E-state index contributed by atoms with van der Waals surface area (Å²) < 4.78 is 30.3. The van der Waals surface area contributed by atoms with Crippen molar-refractivity contribution in [3.63, 3.8) is 0 Å². The molecule has 0 fully saturated rings. The monoisotopic (exact) mass is 709 g/mol. The quantitative estimate of drug-likeness (QED) is 0.179. The molecule has 10 heteroatoms. The summed E-state index contributed by atoms with van der Waals surface area (Å²) in [6.07, 6.45) is 0.235. The van der Waals surface area contributed by atoms with Crippen LogP contribution < -0.4 is 9.62 Å². The average Bonchev–Trinajstić information content (AvgIpc) is 2.99. The zero-order valence-electron chi connectivity index (χ0n) is 25.7. The third kappa shape index (κ3) is 9.19. The van der Waals surface area contributed by atoms with E-state index in [-0.39, 0.29) is 23.8 Å². The van der Waals surface area contributed by atoms with Crippen molar-refractivity contribution in [3.8, 4) is 0 Å². The molecule has 4 rings (SSSR count). The molecule has 4 aromatic carbocycles. The van der Waals surface area contributed by atoms with Crippen LogP contribution in [0, 0.1) is 6.92 Å². The van der Waals surface area contributed by atoms with E-state index in [1.165, 1.54) is 29.2 Å². The fourth-order valence-corrected chi connectivity index (χ4v) is 6.75. The van der Waals surface area contributed by atoms with Gasteiger partial charge in [-0.05, 0) is 86.8 Å². The molecule has 4 aromatic rings. The summed E-state index contributed by atoms with van der Waals surface area (Å²) in [6.45, 7) is 6.99. The zero-order valence-corrected chi connectivity index (χ0v) is 28.9. The van der Waals surface area contributed by atoms with Crippen molar-refractivity contribution in [3.05, 3.63) is 129 Å². The summed E-state index contributed by atoms with van der Waals surface area (Å²) in [7, 11) is -4.21. The second-order valence-corrected chi connectivity index (χ2v) is 15.1. The summed E-state index contributed by atoms with van der Waals surface area (Å²) >= 11 is 9.52. The second-order valence-electron chi connectivity index (χ2n) is 11.8. The molecule has 0 aromatic heterocycles. The molecule has 0 radical (unpaired) electrons. The van der Waals surface area contributed by atoms with Crippen molar-refractivity contribution in [2.24, 2.45) is 0 Å². The zero-order chi connectivity index (χ0) is 32.8. The molecule has 0 aliphatic carbocycles.